The van der Waals surface area contributed by atoms with Crippen LogP contribution >= 0.6 is 0 Å². The molecule has 3 rings (SSSR count). The van der Waals surface area contributed by atoms with Gasteiger partial charge in [0.25, 0.3) is 0 Å². The van der Waals surface area contributed by atoms with Gasteiger partial charge in [0.1, 0.15) is 6.10 Å². The van der Waals surface area contributed by atoms with E-state index in [0.717, 1.165) is 11.1 Å². The molecule has 3 nitrogen and oxygen atoms in total. The van der Waals surface area contributed by atoms with Gasteiger partial charge in [-0.3, -0.25) is 9.59 Å². The topological polar surface area (TPSA) is 43.4 Å². The number of hydrogen-bond donors (Lipinski definition) is 0. The zero-order valence-corrected chi connectivity index (χ0v) is 10.8. The first kappa shape index (κ1) is 11.5. The van der Waals surface area contributed by atoms with Gasteiger partial charge in [0, 0.05) is 16.9 Å². The summed E-state index contributed by atoms with van der Waals surface area (Å²) in [6.07, 6.45) is 7.41. The Kier molecular flexibility index (Phi) is 2.19. The van der Waals surface area contributed by atoms with Crippen LogP contribution in [0, 0.1) is 17.3 Å². The summed E-state index contributed by atoms with van der Waals surface area (Å²) in [7, 11) is 0. The maximum absolute atomic E-state index is 11.8. The van der Waals surface area contributed by atoms with Crippen molar-refractivity contribution in [2.45, 2.75) is 26.9 Å². The van der Waals surface area contributed by atoms with Gasteiger partial charge >= 0.3 is 5.97 Å². The normalized spacial score (nSPS) is 41.8. The highest BCUT2D eigenvalue weighted by Crippen LogP contribution is 2.49. The van der Waals surface area contributed by atoms with E-state index < -0.39 is 0 Å². The van der Waals surface area contributed by atoms with Crippen molar-refractivity contribution < 1.29 is 14.3 Å². The third kappa shape index (κ3) is 1.30. The van der Waals surface area contributed by atoms with Crippen molar-refractivity contribution in [1.29, 1.82) is 0 Å². The van der Waals surface area contributed by atoms with E-state index in [2.05, 4.69) is 19.1 Å². The van der Waals surface area contributed by atoms with E-state index in [-0.39, 0.29) is 35.1 Å². The molecule has 1 saturated heterocycles. The van der Waals surface area contributed by atoms with Gasteiger partial charge in [0.2, 0.25) is 0 Å². The van der Waals surface area contributed by atoms with E-state index >= 15 is 0 Å². The number of rotatable bonds is 0. The summed E-state index contributed by atoms with van der Waals surface area (Å²) in [5.41, 5.74) is 1.39. The number of carbonyl (C=O) groups excluding carboxylic acids is 2. The molecule has 94 valence electrons. The van der Waals surface area contributed by atoms with E-state index in [1.165, 1.54) is 0 Å². The lowest BCUT2D eigenvalue weighted by Gasteiger charge is -2.38. The summed E-state index contributed by atoms with van der Waals surface area (Å²) in [6, 6.07) is 0. The minimum Gasteiger partial charge on any atom is -0.457 e. The van der Waals surface area contributed by atoms with Crippen LogP contribution in [0.25, 0.3) is 0 Å². The molecule has 3 aliphatic rings. The van der Waals surface area contributed by atoms with Gasteiger partial charge in [-0.05, 0) is 25.5 Å². The Bertz CT molecular complexity index is 538. The summed E-state index contributed by atoms with van der Waals surface area (Å²) in [4.78, 5) is 23.6. The fourth-order valence-electron chi connectivity index (χ4n) is 3.23. The molecule has 0 amide bonds. The second-order valence-electron chi connectivity index (χ2n) is 5.60. The minimum atomic E-state index is -0.288. The Morgan fingerprint density at radius 2 is 2.00 bits per heavy atom. The Morgan fingerprint density at radius 1 is 1.28 bits per heavy atom. The zero-order chi connectivity index (χ0) is 13.1. The fraction of sp³-hybridized carbons (Fsp3) is 0.467. The smallest absolute Gasteiger partial charge is 0.310 e. The highest BCUT2D eigenvalue weighted by Gasteiger charge is 2.50. The lowest BCUT2D eigenvalue weighted by atomic mass is 9.66. The minimum absolute atomic E-state index is 0.0205. The number of ether oxygens (including phenoxy) is 1. The number of carbonyl (C=O) groups is 2. The Hall–Kier alpha value is -1.64. The maximum Gasteiger partial charge on any atom is 0.310 e. The van der Waals surface area contributed by atoms with Gasteiger partial charge in [0.15, 0.2) is 5.78 Å². The molecule has 1 fully saturated rings. The Labute approximate surface area is 106 Å². The van der Waals surface area contributed by atoms with Gasteiger partial charge < -0.3 is 4.74 Å². The van der Waals surface area contributed by atoms with Crippen LogP contribution in [0.2, 0.25) is 0 Å². The quantitative estimate of drug-likeness (QED) is 0.484. The van der Waals surface area contributed by atoms with Crippen molar-refractivity contribution >= 4 is 11.8 Å². The molecule has 0 saturated carbocycles. The zero-order valence-electron chi connectivity index (χ0n) is 10.8. The van der Waals surface area contributed by atoms with Crippen LogP contribution in [0.1, 0.15) is 20.8 Å². The first-order valence-corrected chi connectivity index (χ1v) is 6.29. The molecule has 3 heteroatoms. The number of esters is 1. The van der Waals surface area contributed by atoms with Crippen molar-refractivity contribution in [3.63, 3.8) is 0 Å². The van der Waals surface area contributed by atoms with Gasteiger partial charge in [-0.1, -0.05) is 25.2 Å². The number of fused-ring (bicyclic) bond motifs is 3. The number of ketones is 1. The molecule has 1 heterocycles. The third-order valence-electron chi connectivity index (χ3n) is 4.43. The standard InChI is InChI=1S/C15H16O3/c1-8-10-4-6-15(3)7-5-11(16)9(2)12(15)13(10)18-14(8)17/h4-8,10,13H,1-3H3. The van der Waals surface area contributed by atoms with Gasteiger partial charge in [-0.25, -0.2) is 0 Å². The SMILES string of the molecule is CC1=C2C3OC(=O)C(C)C3C=CC2(C)C=CC1=O. The third-order valence-corrected chi connectivity index (χ3v) is 4.43. The first-order valence-electron chi connectivity index (χ1n) is 6.29. The van der Waals surface area contributed by atoms with Crippen molar-refractivity contribution in [1.82, 2.24) is 0 Å². The highest BCUT2D eigenvalue weighted by molar-refractivity contribution is 6.06. The summed E-state index contributed by atoms with van der Waals surface area (Å²) >= 11 is 0. The summed E-state index contributed by atoms with van der Waals surface area (Å²) < 4.78 is 5.50. The molecule has 0 spiro atoms. The molecule has 0 bridgehead atoms. The molecule has 2 aliphatic carbocycles. The first-order chi connectivity index (χ1) is 8.44. The molecule has 0 aromatic heterocycles. The van der Waals surface area contributed by atoms with Crippen molar-refractivity contribution in [2.24, 2.45) is 17.3 Å². The summed E-state index contributed by atoms with van der Waals surface area (Å²) in [6.45, 7) is 5.77. The fourth-order valence-corrected chi connectivity index (χ4v) is 3.23. The van der Waals surface area contributed by atoms with Crippen LogP contribution in [-0.2, 0) is 14.3 Å². The van der Waals surface area contributed by atoms with Crippen molar-refractivity contribution in [3.05, 3.63) is 35.5 Å². The lowest BCUT2D eigenvalue weighted by molar-refractivity contribution is -0.143. The summed E-state index contributed by atoms with van der Waals surface area (Å²) in [5.74, 6) is -0.208. The molecular weight excluding hydrogens is 228 g/mol. The molecule has 4 atom stereocenters. The van der Waals surface area contributed by atoms with E-state index in [1.54, 1.807) is 6.08 Å². The van der Waals surface area contributed by atoms with E-state index in [1.807, 2.05) is 19.9 Å². The van der Waals surface area contributed by atoms with Crippen LogP contribution in [0.5, 0.6) is 0 Å². The molecular formula is C15H16O3. The van der Waals surface area contributed by atoms with Crippen LogP contribution in [0.3, 0.4) is 0 Å². The Morgan fingerprint density at radius 3 is 2.72 bits per heavy atom. The summed E-state index contributed by atoms with van der Waals surface area (Å²) in [5, 5.41) is 0. The van der Waals surface area contributed by atoms with E-state index in [4.69, 9.17) is 4.74 Å². The number of hydrogen-bond acceptors (Lipinski definition) is 3. The van der Waals surface area contributed by atoms with Gasteiger partial charge in [-0.2, -0.15) is 0 Å². The largest absolute Gasteiger partial charge is 0.457 e. The van der Waals surface area contributed by atoms with Gasteiger partial charge in [0.05, 0.1) is 5.92 Å². The van der Waals surface area contributed by atoms with Crippen LogP contribution < -0.4 is 0 Å². The van der Waals surface area contributed by atoms with Crippen LogP contribution in [0.15, 0.2) is 35.5 Å². The predicted molar refractivity (Wildman–Crippen MR) is 66.6 cm³/mol. The lowest BCUT2D eigenvalue weighted by Crippen LogP contribution is -2.36. The average Bonchev–Trinajstić information content (AvgIpc) is 2.60. The Balaban J connectivity index is 2.17. The average molecular weight is 244 g/mol. The van der Waals surface area contributed by atoms with Crippen LogP contribution in [-0.4, -0.2) is 17.9 Å². The van der Waals surface area contributed by atoms with E-state index in [0.29, 0.717) is 0 Å². The van der Waals surface area contributed by atoms with Crippen molar-refractivity contribution in [3.8, 4) is 0 Å². The van der Waals surface area contributed by atoms with Crippen LogP contribution in [0.4, 0.5) is 0 Å². The highest BCUT2D eigenvalue weighted by atomic mass is 16.6. The van der Waals surface area contributed by atoms with Crippen molar-refractivity contribution in [2.75, 3.05) is 0 Å². The number of allylic oxidation sites excluding steroid dienone is 4. The molecule has 0 radical (unpaired) electrons. The molecule has 0 aromatic carbocycles. The molecule has 0 N–H and O–H groups in total. The second kappa shape index (κ2) is 3.44. The van der Waals surface area contributed by atoms with E-state index in [9.17, 15) is 9.59 Å². The molecule has 18 heavy (non-hydrogen) atoms. The predicted octanol–water partition coefficient (Wildman–Crippen LogP) is 2.20. The molecule has 0 aromatic rings. The second-order valence-corrected chi connectivity index (χ2v) is 5.60. The van der Waals surface area contributed by atoms with Gasteiger partial charge in [-0.15, -0.1) is 0 Å². The monoisotopic (exact) mass is 244 g/mol. The maximum atomic E-state index is 11.8. The molecule has 1 aliphatic heterocycles. The molecule has 4 unspecified atom stereocenters.